The van der Waals surface area contributed by atoms with E-state index in [1.165, 1.54) is 0 Å². The zero-order valence-corrected chi connectivity index (χ0v) is 11.7. The van der Waals surface area contributed by atoms with E-state index in [0.717, 1.165) is 30.5 Å². The van der Waals surface area contributed by atoms with Gasteiger partial charge in [-0.3, -0.25) is 4.79 Å². The number of rotatable bonds is 6. The zero-order valence-electron chi connectivity index (χ0n) is 10.1. The molecule has 0 atom stereocenters. The number of carbonyl (C=O) groups is 1. The molecule has 0 radical (unpaired) electrons. The maximum atomic E-state index is 11.7. The number of hydrogen-bond acceptors (Lipinski definition) is 3. The number of halogens is 1. The van der Waals surface area contributed by atoms with Crippen molar-refractivity contribution in [2.45, 2.75) is 6.42 Å². The fourth-order valence-electron chi connectivity index (χ4n) is 1.66. The molecule has 0 saturated carbocycles. The first-order chi connectivity index (χ1) is 8.75. The molecular formula is C13H17ClN2OS. The van der Waals surface area contributed by atoms with Gasteiger partial charge in [-0.05, 0) is 36.9 Å². The van der Waals surface area contributed by atoms with Gasteiger partial charge < -0.3 is 10.6 Å². The summed E-state index contributed by atoms with van der Waals surface area (Å²) in [5.41, 5.74) is 0.692. The van der Waals surface area contributed by atoms with Crippen LogP contribution in [0.15, 0.2) is 24.3 Å². The summed E-state index contributed by atoms with van der Waals surface area (Å²) in [5.74, 6) is 2.84. The van der Waals surface area contributed by atoms with Crippen molar-refractivity contribution in [1.82, 2.24) is 5.32 Å². The van der Waals surface area contributed by atoms with Crippen molar-refractivity contribution >= 4 is 35.0 Å². The Kier molecular flexibility index (Phi) is 5.35. The maximum Gasteiger partial charge on any atom is 0.225 e. The number of amides is 1. The highest BCUT2D eigenvalue weighted by atomic mass is 35.5. The first-order valence-corrected chi connectivity index (χ1v) is 7.62. The van der Waals surface area contributed by atoms with Crippen LogP contribution in [0.1, 0.15) is 6.42 Å². The Hall–Kier alpha value is -0.710. The van der Waals surface area contributed by atoms with Crippen LogP contribution in [0.4, 0.5) is 5.69 Å². The van der Waals surface area contributed by atoms with Gasteiger partial charge in [0.1, 0.15) is 0 Å². The average Bonchev–Trinajstić information content (AvgIpc) is 2.29. The molecule has 2 N–H and O–H groups in total. The molecule has 98 valence electrons. The lowest BCUT2D eigenvalue weighted by Crippen LogP contribution is -2.43. The largest absolute Gasteiger partial charge is 0.325 e. The van der Waals surface area contributed by atoms with E-state index < -0.39 is 0 Å². The summed E-state index contributed by atoms with van der Waals surface area (Å²) in [7, 11) is 0. The second kappa shape index (κ2) is 7.02. The van der Waals surface area contributed by atoms with Crippen LogP contribution >= 0.6 is 23.4 Å². The Morgan fingerprint density at radius 2 is 2.22 bits per heavy atom. The minimum absolute atomic E-state index is 0.0299. The van der Waals surface area contributed by atoms with E-state index in [2.05, 4.69) is 10.6 Å². The van der Waals surface area contributed by atoms with E-state index in [0.29, 0.717) is 17.1 Å². The molecule has 1 aromatic carbocycles. The summed E-state index contributed by atoms with van der Waals surface area (Å²) < 4.78 is 0. The number of benzene rings is 1. The van der Waals surface area contributed by atoms with Crippen LogP contribution in [0.2, 0.25) is 5.02 Å². The van der Waals surface area contributed by atoms with Crippen molar-refractivity contribution < 1.29 is 4.79 Å². The van der Waals surface area contributed by atoms with E-state index >= 15 is 0 Å². The molecule has 5 heteroatoms. The summed E-state index contributed by atoms with van der Waals surface area (Å²) in [6.45, 7) is 2.25. The quantitative estimate of drug-likeness (QED) is 0.789. The average molecular weight is 285 g/mol. The smallest absolute Gasteiger partial charge is 0.225 e. The van der Waals surface area contributed by atoms with Gasteiger partial charge in [0.15, 0.2) is 0 Å². The van der Waals surface area contributed by atoms with Gasteiger partial charge in [-0.1, -0.05) is 23.7 Å². The van der Waals surface area contributed by atoms with Crippen molar-refractivity contribution in [1.29, 1.82) is 0 Å². The summed E-state index contributed by atoms with van der Waals surface area (Å²) >= 11 is 7.82. The Labute approximate surface area is 117 Å². The molecule has 0 unspecified atom stereocenters. The molecule has 1 aliphatic heterocycles. The molecule has 1 saturated heterocycles. The van der Waals surface area contributed by atoms with Crippen LogP contribution in [0.5, 0.6) is 0 Å². The Bertz CT molecular complexity index is 410. The van der Waals surface area contributed by atoms with E-state index in [-0.39, 0.29) is 5.91 Å². The molecule has 1 aliphatic rings. The summed E-state index contributed by atoms with van der Waals surface area (Å²) in [4.78, 5) is 11.7. The Morgan fingerprint density at radius 3 is 2.89 bits per heavy atom. The van der Waals surface area contributed by atoms with Gasteiger partial charge in [0.05, 0.1) is 10.7 Å². The first-order valence-electron chi connectivity index (χ1n) is 6.08. The second-order valence-corrected chi connectivity index (χ2v) is 5.93. The minimum atomic E-state index is 0.0299. The number of nitrogens with one attached hydrogen (secondary N) is 2. The van der Waals surface area contributed by atoms with Gasteiger partial charge in [-0.25, -0.2) is 0 Å². The Morgan fingerprint density at radius 1 is 1.44 bits per heavy atom. The van der Waals surface area contributed by atoms with Gasteiger partial charge in [-0.15, -0.1) is 0 Å². The predicted octanol–water partition coefficient (Wildman–Crippen LogP) is 2.62. The summed E-state index contributed by atoms with van der Waals surface area (Å²) in [6.07, 6.45) is 0.538. The van der Waals surface area contributed by atoms with E-state index in [1.54, 1.807) is 6.07 Å². The second-order valence-electron chi connectivity index (χ2n) is 4.38. The van der Waals surface area contributed by atoms with Crippen molar-refractivity contribution in [3.05, 3.63) is 29.3 Å². The van der Waals surface area contributed by atoms with E-state index in [9.17, 15) is 4.79 Å². The van der Waals surface area contributed by atoms with Gasteiger partial charge in [0, 0.05) is 12.2 Å². The third-order valence-corrected chi connectivity index (χ3v) is 4.37. The molecule has 1 heterocycles. The highest BCUT2D eigenvalue weighted by Crippen LogP contribution is 2.21. The highest BCUT2D eigenvalue weighted by molar-refractivity contribution is 7.99. The zero-order chi connectivity index (χ0) is 12.8. The lowest BCUT2D eigenvalue weighted by molar-refractivity contribution is -0.115. The fourth-order valence-corrected chi connectivity index (χ4v) is 2.90. The number of para-hydroxylation sites is 1. The highest BCUT2D eigenvalue weighted by Gasteiger charge is 2.16. The first kappa shape index (κ1) is 13.7. The SMILES string of the molecule is O=C(CCSCC1CNC1)Nc1ccccc1Cl. The fraction of sp³-hybridized carbons (Fsp3) is 0.462. The van der Waals surface area contributed by atoms with E-state index in [4.69, 9.17) is 11.6 Å². The molecule has 1 aromatic rings. The van der Waals surface area contributed by atoms with Crippen LogP contribution < -0.4 is 10.6 Å². The van der Waals surface area contributed by atoms with Crippen LogP contribution in [-0.2, 0) is 4.79 Å². The van der Waals surface area contributed by atoms with Crippen molar-refractivity contribution in [2.24, 2.45) is 5.92 Å². The monoisotopic (exact) mass is 284 g/mol. The van der Waals surface area contributed by atoms with Gasteiger partial charge in [0.25, 0.3) is 0 Å². The molecule has 2 rings (SSSR count). The third-order valence-electron chi connectivity index (χ3n) is 2.84. The third kappa shape index (κ3) is 4.19. The van der Waals surface area contributed by atoms with Crippen LogP contribution in [0, 0.1) is 5.92 Å². The Balaban J connectivity index is 1.64. The molecule has 18 heavy (non-hydrogen) atoms. The maximum absolute atomic E-state index is 11.7. The molecule has 0 aliphatic carbocycles. The van der Waals surface area contributed by atoms with E-state index in [1.807, 2.05) is 30.0 Å². The molecule has 0 spiro atoms. The van der Waals surface area contributed by atoms with Crippen molar-refractivity contribution in [2.75, 3.05) is 29.9 Å². The minimum Gasteiger partial charge on any atom is -0.325 e. The predicted molar refractivity (Wildman–Crippen MR) is 78.4 cm³/mol. The summed E-state index contributed by atoms with van der Waals surface area (Å²) in [5, 5.41) is 6.65. The molecule has 3 nitrogen and oxygen atoms in total. The number of anilines is 1. The lowest BCUT2D eigenvalue weighted by Gasteiger charge is -2.26. The molecule has 0 aromatic heterocycles. The van der Waals surface area contributed by atoms with Gasteiger partial charge in [-0.2, -0.15) is 11.8 Å². The number of thioether (sulfide) groups is 1. The normalized spacial score (nSPS) is 15.2. The molecule has 0 bridgehead atoms. The lowest BCUT2D eigenvalue weighted by atomic mass is 10.1. The van der Waals surface area contributed by atoms with Crippen LogP contribution in [0.3, 0.4) is 0 Å². The number of carbonyl (C=O) groups excluding carboxylic acids is 1. The molecule has 1 fully saturated rings. The van der Waals surface area contributed by atoms with Crippen molar-refractivity contribution in [3.63, 3.8) is 0 Å². The van der Waals surface area contributed by atoms with Crippen molar-refractivity contribution in [3.8, 4) is 0 Å². The van der Waals surface area contributed by atoms with Crippen LogP contribution in [0.25, 0.3) is 0 Å². The topological polar surface area (TPSA) is 41.1 Å². The van der Waals surface area contributed by atoms with Crippen LogP contribution in [-0.4, -0.2) is 30.5 Å². The molecule has 1 amide bonds. The van der Waals surface area contributed by atoms with Gasteiger partial charge in [0.2, 0.25) is 5.91 Å². The molecular weight excluding hydrogens is 268 g/mol. The summed E-state index contributed by atoms with van der Waals surface area (Å²) in [6, 6.07) is 7.29. The standard InChI is InChI=1S/C13H17ClN2OS/c14-11-3-1-2-4-12(11)16-13(17)5-6-18-9-10-7-15-8-10/h1-4,10,15H,5-9H2,(H,16,17). The van der Waals surface area contributed by atoms with Gasteiger partial charge >= 0.3 is 0 Å². The number of hydrogen-bond donors (Lipinski definition) is 2.